The highest BCUT2D eigenvalue weighted by Crippen LogP contribution is 2.22. The van der Waals surface area contributed by atoms with Gasteiger partial charge in [0.15, 0.2) is 0 Å². The standard InChI is InChI=1S/C24H20N2O3S/c27-23(18-11-5-2-6-12-18)26-20(15-17-9-3-1-4-10-17)24(28)29-16-22-25-19-13-7-8-14-21(19)30-22/h1-14,20H,15-16H2,(H,26,27)/t20-/m1/s1. The largest absolute Gasteiger partial charge is 0.457 e. The Hall–Kier alpha value is -3.51. The van der Waals surface area contributed by atoms with Gasteiger partial charge in [-0.15, -0.1) is 11.3 Å². The van der Waals surface area contributed by atoms with Crippen LogP contribution in [0.1, 0.15) is 20.9 Å². The number of benzene rings is 3. The van der Waals surface area contributed by atoms with Crippen LogP contribution in [0.15, 0.2) is 84.9 Å². The van der Waals surface area contributed by atoms with Gasteiger partial charge in [0.1, 0.15) is 17.7 Å². The maximum absolute atomic E-state index is 12.8. The number of fused-ring (bicyclic) bond motifs is 1. The van der Waals surface area contributed by atoms with E-state index >= 15 is 0 Å². The third-order valence-corrected chi connectivity index (χ3v) is 5.59. The summed E-state index contributed by atoms with van der Waals surface area (Å²) in [5, 5.41) is 3.53. The lowest BCUT2D eigenvalue weighted by molar-refractivity contribution is -0.147. The summed E-state index contributed by atoms with van der Waals surface area (Å²) in [5.41, 5.74) is 2.31. The first-order valence-corrected chi connectivity index (χ1v) is 10.4. The summed E-state index contributed by atoms with van der Waals surface area (Å²) in [6, 6.07) is 25.4. The number of carbonyl (C=O) groups is 2. The highest BCUT2D eigenvalue weighted by Gasteiger charge is 2.24. The van der Waals surface area contributed by atoms with E-state index in [9.17, 15) is 9.59 Å². The number of thiazole rings is 1. The first-order valence-electron chi connectivity index (χ1n) is 9.60. The second-order valence-corrected chi connectivity index (χ2v) is 7.88. The number of esters is 1. The van der Waals surface area contributed by atoms with Crippen LogP contribution in [-0.2, 0) is 22.6 Å². The minimum atomic E-state index is -0.797. The summed E-state index contributed by atoms with van der Waals surface area (Å²) in [4.78, 5) is 29.9. The summed E-state index contributed by atoms with van der Waals surface area (Å²) < 4.78 is 6.57. The van der Waals surface area contributed by atoms with Crippen molar-refractivity contribution in [3.8, 4) is 0 Å². The van der Waals surface area contributed by atoms with Gasteiger partial charge < -0.3 is 10.1 Å². The van der Waals surface area contributed by atoms with E-state index < -0.39 is 12.0 Å². The fourth-order valence-corrected chi connectivity index (χ4v) is 3.97. The number of nitrogens with zero attached hydrogens (tertiary/aromatic N) is 1. The molecule has 0 saturated carbocycles. The van der Waals surface area contributed by atoms with Gasteiger partial charge in [-0.1, -0.05) is 60.7 Å². The predicted molar refractivity (Wildman–Crippen MR) is 117 cm³/mol. The fourth-order valence-electron chi connectivity index (χ4n) is 3.09. The molecule has 0 aliphatic heterocycles. The maximum Gasteiger partial charge on any atom is 0.329 e. The molecule has 6 heteroatoms. The van der Waals surface area contributed by atoms with Crippen molar-refractivity contribution in [3.63, 3.8) is 0 Å². The van der Waals surface area contributed by atoms with E-state index in [1.54, 1.807) is 24.3 Å². The number of para-hydroxylation sites is 1. The van der Waals surface area contributed by atoms with Crippen molar-refractivity contribution in [1.29, 1.82) is 0 Å². The minimum Gasteiger partial charge on any atom is -0.457 e. The first kappa shape index (κ1) is 19.8. The molecular weight excluding hydrogens is 396 g/mol. The molecule has 0 fully saturated rings. The van der Waals surface area contributed by atoms with E-state index in [1.807, 2.05) is 60.7 Å². The molecular formula is C24H20N2O3S. The van der Waals surface area contributed by atoms with Crippen molar-refractivity contribution in [2.24, 2.45) is 0 Å². The van der Waals surface area contributed by atoms with Gasteiger partial charge in [-0.25, -0.2) is 9.78 Å². The van der Waals surface area contributed by atoms with Crippen LogP contribution in [0.4, 0.5) is 0 Å². The van der Waals surface area contributed by atoms with E-state index in [-0.39, 0.29) is 12.5 Å². The highest BCUT2D eigenvalue weighted by molar-refractivity contribution is 7.18. The van der Waals surface area contributed by atoms with E-state index in [0.717, 1.165) is 20.8 Å². The zero-order valence-electron chi connectivity index (χ0n) is 16.2. The summed E-state index contributed by atoms with van der Waals surface area (Å²) >= 11 is 1.49. The smallest absolute Gasteiger partial charge is 0.329 e. The van der Waals surface area contributed by atoms with Crippen molar-refractivity contribution in [2.75, 3.05) is 0 Å². The predicted octanol–water partition coefficient (Wildman–Crippen LogP) is 4.38. The molecule has 1 aromatic heterocycles. The Kier molecular flexibility index (Phi) is 6.15. The number of carbonyl (C=O) groups excluding carboxylic acids is 2. The third kappa shape index (κ3) is 4.90. The normalized spacial score (nSPS) is 11.7. The molecule has 0 spiro atoms. The van der Waals surface area contributed by atoms with Gasteiger partial charge in [0.2, 0.25) is 0 Å². The number of ether oxygens (including phenoxy) is 1. The topological polar surface area (TPSA) is 68.3 Å². The fraction of sp³-hybridized carbons (Fsp3) is 0.125. The monoisotopic (exact) mass is 416 g/mol. The lowest BCUT2D eigenvalue weighted by Gasteiger charge is -2.17. The number of nitrogens with one attached hydrogen (secondary N) is 1. The van der Waals surface area contributed by atoms with E-state index in [2.05, 4.69) is 10.3 Å². The summed E-state index contributed by atoms with van der Waals surface area (Å²) in [7, 11) is 0. The number of amides is 1. The molecule has 4 aromatic rings. The summed E-state index contributed by atoms with van der Waals surface area (Å²) in [6.45, 7) is 0.0741. The van der Waals surface area contributed by atoms with Crippen LogP contribution in [-0.4, -0.2) is 22.9 Å². The average molecular weight is 417 g/mol. The Labute approximate surface area is 178 Å². The molecule has 0 unspecified atom stereocenters. The molecule has 4 rings (SSSR count). The minimum absolute atomic E-state index is 0.0741. The Bertz CT molecular complexity index is 1110. The molecule has 150 valence electrons. The van der Waals surface area contributed by atoms with Crippen LogP contribution in [0, 0.1) is 0 Å². The molecule has 0 bridgehead atoms. The van der Waals surface area contributed by atoms with Gasteiger partial charge in [-0.2, -0.15) is 0 Å². The molecule has 0 aliphatic rings. The van der Waals surface area contributed by atoms with Crippen molar-refractivity contribution in [3.05, 3.63) is 101 Å². The lowest BCUT2D eigenvalue weighted by Crippen LogP contribution is -2.43. The Balaban J connectivity index is 1.47. The van der Waals surface area contributed by atoms with Crippen LogP contribution in [0.2, 0.25) is 0 Å². The second-order valence-electron chi connectivity index (χ2n) is 6.76. The summed E-state index contributed by atoms with van der Waals surface area (Å²) in [6.07, 6.45) is 0.345. The number of aromatic nitrogens is 1. The average Bonchev–Trinajstić information content (AvgIpc) is 3.21. The van der Waals surface area contributed by atoms with Gasteiger partial charge in [0, 0.05) is 12.0 Å². The van der Waals surface area contributed by atoms with Crippen molar-refractivity contribution in [1.82, 2.24) is 10.3 Å². The van der Waals surface area contributed by atoms with Gasteiger partial charge in [-0.05, 0) is 29.8 Å². The van der Waals surface area contributed by atoms with Crippen molar-refractivity contribution >= 4 is 33.4 Å². The van der Waals surface area contributed by atoms with Crippen LogP contribution in [0.3, 0.4) is 0 Å². The van der Waals surface area contributed by atoms with Gasteiger partial charge >= 0.3 is 5.97 Å². The van der Waals surface area contributed by atoms with Crippen LogP contribution in [0.5, 0.6) is 0 Å². The zero-order valence-corrected chi connectivity index (χ0v) is 17.0. The maximum atomic E-state index is 12.8. The van der Waals surface area contributed by atoms with E-state index in [4.69, 9.17) is 4.74 Å². The van der Waals surface area contributed by atoms with E-state index in [1.165, 1.54) is 11.3 Å². The van der Waals surface area contributed by atoms with Gasteiger partial charge in [0.05, 0.1) is 10.2 Å². The lowest BCUT2D eigenvalue weighted by atomic mass is 10.1. The molecule has 0 radical (unpaired) electrons. The molecule has 0 aliphatic carbocycles. The Morgan fingerprint density at radius 3 is 2.30 bits per heavy atom. The number of hydrogen-bond acceptors (Lipinski definition) is 5. The molecule has 1 atom stereocenters. The van der Waals surface area contributed by atoms with Crippen LogP contribution in [0.25, 0.3) is 10.2 Å². The number of rotatable bonds is 7. The quantitative estimate of drug-likeness (QED) is 0.454. The SMILES string of the molecule is O=C(N[C@H](Cc1ccccc1)C(=O)OCc1nc2ccccc2s1)c1ccccc1. The van der Waals surface area contributed by atoms with Crippen LogP contribution < -0.4 is 5.32 Å². The zero-order chi connectivity index (χ0) is 20.8. The summed E-state index contributed by atoms with van der Waals surface area (Å²) in [5.74, 6) is -0.796. The van der Waals surface area contributed by atoms with Gasteiger partial charge in [0.25, 0.3) is 5.91 Å². The van der Waals surface area contributed by atoms with Crippen molar-refractivity contribution < 1.29 is 14.3 Å². The molecule has 5 nitrogen and oxygen atoms in total. The van der Waals surface area contributed by atoms with E-state index in [0.29, 0.717) is 12.0 Å². The third-order valence-electron chi connectivity index (χ3n) is 4.58. The molecule has 1 N–H and O–H groups in total. The molecule has 30 heavy (non-hydrogen) atoms. The van der Waals surface area contributed by atoms with Crippen molar-refractivity contribution in [2.45, 2.75) is 19.1 Å². The molecule has 1 amide bonds. The van der Waals surface area contributed by atoms with Gasteiger partial charge in [-0.3, -0.25) is 4.79 Å². The first-order chi connectivity index (χ1) is 14.7. The Morgan fingerprint density at radius 1 is 0.900 bits per heavy atom. The molecule has 3 aromatic carbocycles. The molecule has 0 saturated heterocycles. The molecule has 1 heterocycles. The number of hydrogen-bond donors (Lipinski definition) is 1. The highest BCUT2D eigenvalue weighted by atomic mass is 32.1. The second kappa shape index (κ2) is 9.33. The Morgan fingerprint density at radius 2 is 1.57 bits per heavy atom. The van der Waals surface area contributed by atoms with Crippen LogP contribution >= 0.6 is 11.3 Å².